The second kappa shape index (κ2) is 13.5. The zero-order valence-electron chi connectivity index (χ0n) is 25.7. The van der Waals surface area contributed by atoms with Crippen molar-refractivity contribution in [3.05, 3.63) is 47.3 Å². The summed E-state index contributed by atoms with van der Waals surface area (Å²) in [7, 11) is 2.13. The first-order valence-electron chi connectivity index (χ1n) is 15.7. The second-order valence-electron chi connectivity index (χ2n) is 12.7. The molecule has 9 nitrogen and oxygen atoms in total. The van der Waals surface area contributed by atoms with E-state index in [-0.39, 0.29) is 35.7 Å². The zero-order chi connectivity index (χ0) is 29.8. The highest BCUT2D eigenvalue weighted by Crippen LogP contribution is 2.34. The Hall–Kier alpha value is -3.01. The van der Waals surface area contributed by atoms with Crippen molar-refractivity contribution in [2.24, 2.45) is 17.6 Å². The minimum Gasteiger partial charge on any atom is -0.379 e. The standard InChI is InChI=1S/C33H48N6O3/c1-21-15-22(2)37-33(41)30(21)19-36-32(40)29-16-25(17-31(23(29)3)38(4)28-9-6-26(34)7-10-28)24-5-8-27(35-18-24)20-39-11-13-42-14-12-39/h5,8,16-18,21-22,26,28,30H,6-7,9-15,19-20,34H2,1-4H3,(H,36,40)(H,37,41)/t21?,22?,26-,28-,30?. The number of nitrogens with one attached hydrogen (secondary N) is 2. The number of hydrogen-bond acceptors (Lipinski definition) is 7. The lowest BCUT2D eigenvalue weighted by molar-refractivity contribution is -0.129. The van der Waals surface area contributed by atoms with E-state index in [1.54, 1.807) is 0 Å². The fourth-order valence-electron chi connectivity index (χ4n) is 6.81. The highest BCUT2D eigenvalue weighted by molar-refractivity contribution is 5.99. The van der Waals surface area contributed by atoms with Gasteiger partial charge < -0.3 is 26.0 Å². The topological polar surface area (TPSA) is 113 Å². The van der Waals surface area contributed by atoms with E-state index in [2.05, 4.69) is 52.6 Å². The summed E-state index contributed by atoms with van der Waals surface area (Å²) < 4.78 is 5.48. The van der Waals surface area contributed by atoms with Crippen LogP contribution >= 0.6 is 0 Å². The monoisotopic (exact) mass is 576 g/mol. The van der Waals surface area contributed by atoms with Crippen LogP contribution in [-0.4, -0.2) is 79.7 Å². The summed E-state index contributed by atoms with van der Waals surface area (Å²) in [6.45, 7) is 10.6. The smallest absolute Gasteiger partial charge is 0.251 e. The molecule has 0 bridgehead atoms. The molecule has 1 aromatic heterocycles. The molecular formula is C33H48N6O3. The summed E-state index contributed by atoms with van der Waals surface area (Å²) in [5.41, 5.74) is 11.8. The van der Waals surface area contributed by atoms with Gasteiger partial charge in [-0.2, -0.15) is 0 Å². The van der Waals surface area contributed by atoms with Crippen LogP contribution in [0.2, 0.25) is 0 Å². The van der Waals surface area contributed by atoms with Crippen LogP contribution in [-0.2, 0) is 16.1 Å². The summed E-state index contributed by atoms with van der Waals surface area (Å²) in [6, 6.07) is 9.17. The highest BCUT2D eigenvalue weighted by Gasteiger charge is 2.33. The number of benzene rings is 1. The van der Waals surface area contributed by atoms with E-state index in [0.29, 0.717) is 18.2 Å². The minimum atomic E-state index is -0.231. The molecule has 4 N–H and O–H groups in total. The predicted octanol–water partition coefficient (Wildman–Crippen LogP) is 3.49. The normalized spacial score (nSPS) is 26.9. The van der Waals surface area contributed by atoms with Crippen LogP contribution in [0.3, 0.4) is 0 Å². The molecule has 2 amide bonds. The molecule has 3 unspecified atom stereocenters. The number of anilines is 1. The molecule has 9 heteroatoms. The van der Waals surface area contributed by atoms with Gasteiger partial charge in [0.1, 0.15) is 0 Å². The molecule has 1 aromatic carbocycles. The Morgan fingerprint density at radius 2 is 1.88 bits per heavy atom. The molecule has 3 heterocycles. The van der Waals surface area contributed by atoms with Crippen molar-refractivity contribution in [1.29, 1.82) is 0 Å². The van der Waals surface area contributed by atoms with Gasteiger partial charge in [0.05, 0.1) is 24.8 Å². The van der Waals surface area contributed by atoms with Crippen LogP contribution < -0.4 is 21.3 Å². The van der Waals surface area contributed by atoms with E-state index in [1.807, 2.05) is 26.1 Å². The molecule has 0 radical (unpaired) electrons. The zero-order valence-corrected chi connectivity index (χ0v) is 25.7. The molecule has 1 saturated carbocycles. The molecule has 2 aromatic rings. The molecule has 3 aliphatic rings. The molecule has 3 atom stereocenters. The summed E-state index contributed by atoms with van der Waals surface area (Å²) in [4.78, 5) is 35.9. The summed E-state index contributed by atoms with van der Waals surface area (Å²) in [5.74, 6) is -0.148. The fourth-order valence-corrected chi connectivity index (χ4v) is 6.81. The van der Waals surface area contributed by atoms with Crippen molar-refractivity contribution in [3.63, 3.8) is 0 Å². The quantitative estimate of drug-likeness (QED) is 0.441. The summed E-state index contributed by atoms with van der Waals surface area (Å²) in [5, 5.41) is 6.14. The Morgan fingerprint density at radius 3 is 2.55 bits per heavy atom. The second-order valence-corrected chi connectivity index (χ2v) is 12.7. The van der Waals surface area contributed by atoms with E-state index >= 15 is 0 Å². The summed E-state index contributed by atoms with van der Waals surface area (Å²) in [6.07, 6.45) is 6.92. The van der Waals surface area contributed by atoms with Crippen LogP contribution in [0.4, 0.5) is 5.69 Å². The van der Waals surface area contributed by atoms with Gasteiger partial charge in [-0.25, -0.2) is 0 Å². The SMILES string of the molecule is Cc1c(C(=O)NCC2C(=O)NC(C)CC2C)cc(-c2ccc(CN3CCOCC3)nc2)cc1N(C)[C@H]1CC[C@H](N)CC1. The van der Waals surface area contributed by atoms with Crippen molar-refractivity contribution in [2.75, 3.05) is 44.8 Å². The molecule has 42 heavy (non-hydrogen) atoms. The fraction of sp³-hybridized carbons (Fsp3) is 0.606. The van der Waals surface area contributed by atoms with Gasteiger partial charge in [0, 0.05) is 74.4 Å². The molecule has 0 spiro atoms. The largest absolute Gasteiger partial charge is 0.379 e. The highest BCUT2D eigenvalue weighted by atomic mass is 16.5. The molecule has 3 fully saturated rings. The Balaban J connectivity index is 1.40. The number of carbonyl (C=O) groups excluding carboxylic acids is 2. The van der Waals surface area contributed by atoms with Gasteiger partial charge in [-0.05, 0) is 81.2 Å². The van der Waals surface area contributed by atoms with E-state index in [0.717, 1.165) is 93.0 Å². The number of rotatable bonds is 8. The van der Waals surface area contributed by atoms with Crippen molar-refractivity contribution in [1.82, 2.24) is 20.5 Å². The van der Waals surface area contributed by atoms with E-state index in [1.165, 1.54) is 0 Å². The maximum atomic E-state index is 13.7. The van der Waals surface area contributed by atoms with E-state index in [4.69, 9.17) is 15.5 Å². The van der Waals surface area contributed by atoms with Gasteiger partial charge in [-0.1, -0.05) is 13.0 Å². The lowest BCUT2D eigenvalue weighted by Gasteiger charge is -2.36. The number of amides is 2. The van der Waals surface area contributed by atoms with Crippen molar-refractivity contribution < 1.29 is 14.3 Å². The van der Waals surface area contributed by atoms with Crippen LogP contribution in [0.1, 0.15) is 67.6 Å². The van der Waals surface area contributed by atoms with Gasteiger partial charge in [-0.15, -0.1) is 0 Å². The van der Waals surface area contributed by atoms with Gasteiger partial charge in [-0.3, -0.25) is 19.5 Å². The third-order valence-electron chi connectivity index (χ3n) is 9.56. The van der Waals surface area contributed by atoms with E-state index < -0.39 is 0 Å². The number of nitrogens with zero attached hydrogens (tertiary/aromatic N) is 3. The Bertz CT molecular complexity index is 1240. The Morgan fingerprint density at radius 1 is 1.14 bits per heavy atom. The molecule has 2 aliphatic heterocycles. The Kier molecular flexibility index (Phi) is 9.81. The van der Waals surface area contributed by atoms with Crippen molar-refractivity contribution >= 4 is 17.5 Å². The van der Waals surface area contributed by atoms with E-state index in [9.17, 15) is 9.59 Å². The predicted molar refractivity (Wildman–Crippen MR) is 166 cm³/mol. The maximum Gasteiger partial charge on any atom is 0.251 e. The van der Waals surface area contributed by atoms with Gasteiger partial charge in [0.15, 0.2) is 0 Å². The lowest BCUT2D eigenvalue weighted by atomic mass is 9.84. The van der Waals surface area contributed by atoms with Gasteiger partial charge in [0.2, 0.25) is 5.91 Å². The molecule has 228 valence electrons. The first-order chi connectivity index (χ1) is 20.2. The molecule has 5 rings (SSSR count). The van der Waals surface area contributed by atoms with Crippen LogP contribution in [0.15, 0.2) is 30.5 Å². The van der Waals surface area contributed by atoms with Gasteiger partial charge in [0.25, 0.3) is 5.91 Å². The third-order valence-corrected chi connectivity index (χ3v) is 9.56. The van der Waals surface area contributed by atoms with Crippen LogP contribution in [0, 0.1) is 18.8 Å². The first-order valence-corrected chi connectivity index (χ1v) is 15.7. The number of carbonyl (C=O) groups is 2. The van der Waals surface area contributed by atoms with Crippen molar-refractivity contribution in [3.8, 4) is 11.1 Å². The Labute approximate surface area is 250 Å². The average Bonchev–Trinajstić information content (AvgIpc) is 2.97. The average molecular weight is 577 g/mol. The number of hydrogen-bond donors (Lipinski definition) is 3. The van der Waals surface area contributed by atoms with Gasteiger partial charge >= 0.3 is 0 Å². The third kappa shape index (κ3) is 7.13. The molecule has 2 saturated heterocycles. The number of pyridine rings is 1. The number of nitrogens with two attached hydrogens (primary N) is 1. The molecule has 1 aliphatic carbocycles. The van der Waals surface area contributed by atoms with Crippen molar-refractivity contribution in [2.45, 2.75) is 77.5 Å². The number of piperidine rings is 1. The number of morpholine rings is 1. The summed E-state index contributed by atoms with van der Waals surface area (Å²) >= 11 is 0. The van der Waals surface area contributed by atoms with Crippen LogP contribution in [0.5, 0.6) is 0 Å². The number of aromatic nitrogens is 1. The number of ether oxygens (including phenoxy) is 1. The minimum absolute atomic E-state index is 0.0196. The first kappa shape index (κ1) is 30.4. The lowest BCUT2D eigenvalue weighted by Crippen LogP contribution is -2.50. The molecular weight excluding hydrogens is 528 g/mol. The van der Waals surface area contributed by atoms with Crippen LogP contribution in [0.25, 0.3) is 11.1 Å². The maximum absolute atomic E-state index is 13.7.